The van der Waals surface area contributed by atoms with Crippen LogP contribution < -0.4 is 0 Å². The van der Waals surface area contributed by atoms with Crippen LogP contribution in [0.15, 0.2) is 249 Å². The van der Waals surface area contributed by atoms with E-state index in [2.05, 4.69) is 200 Å². The molecule has 0 fully saturated rings. The van der Waals surface area contributed by atoms with Crippen LogP contribution in [0.5, 0.6) is 0 Å². The molecule has 0 N–H and O–H groups in total. The summed E-state index contributed by atoms with van der Waals surface area (Å²) in [4.78, 5) is 25.9. The second kappa shape index (κ2) is 17.7. The van der Waals surface area contributed by atoms with Gasteiger partial charge in [0, 0.05) is 33.4 Å². The van der Waals surface area contributed by atoms with Crippen LogP contribution in [0.25, 0.3) is 123 Å². The van der Waals surface area contributed by atoms with Gasteiger partial charge in [0.2, 0.25) is 0 Å². The third kappa shape index (κ3) is 7.78. The van der Waals surface area contributed by atoms with Crippen LogP contribution in [0.2, 0.25) is 0 Å². The topological polar surface area (TPSA) is 64.5 Å². The second-order valence-corrected chi connectivity index (χ2v) is 16.8. The van der Waals surface area contributed by atoms with Crippen LogP contribution in [0, 0.1) is 0 Å². The van der Waals surface area contributed by atoms with Crippen LogP contribution in [0.1, 0.15) is 0 Å². The highest BCUT2D eigenvalue weighted by Gasteiger charge is 2.19. The Balaban J connectivity index is 0.986. The molecule has 2 aromatic heterocycles. The van der Waals surface area contributed by atoms with Crippen LogP contribution in [-0.4, -0.2) is 24.9 Å². The molecule has 0 atom stereocenters. The summed E-state index contributed by atoms with van der Waals surface area (Å²) in [6, 6.07) is 86.5. The van der Waals surface area contributed by atoms with E-state index in [4.69, 9.17) is 24.9 Å². The van der Waals surface area contributed by atoms with Crippen LogP contribution in [-0.2, 0) is 0 Å². The highest BCUT2D eigenvalue weighted by molar-refractivity contribution is 6.11. The summed E-state index contributed by atoms with van der Waals surface area (Å²) in [5, 5.41) is 4.39. The number of benzene rings is 10. The number of hydrogen-bond donors (Lipinski definition) is 0. The summed E-state index contributed by atoms with van der Waals surface area (Å²) in [5.74, 6) is 2.53. The molecule has 12 aromatic rings. The highest BCUT2D eigenvalue weighted by atomic mass is 15.0. The maximum atomic E-state index is 5.24. The zero-order valence-corrected chi connectivity index (χ0v) is 36.9. The van der Waals surface area contributed by atoms with Crippen molar-refractivity contribution >= 4 is 21.5 Å². The number of hydrogen-bond acceptors (Lipinski definition) is 5. The van der Waals surface area contributed by atoms with Gasteiger partial charge in [-0.1, -0.05) is 237 Å². The van der Waals surface area contributed by atoms with E-state index in [0.29, 0.717) is 23.3 Å². The SMILES string of the molecule is c1ccc(-c2ccc(-c3nc(-c4ccc(-c5ccccc5)cc4)nc(-c4ccc(-c5ccc(-c6cc(-c7ccccc7)nc(-c7ccccc7)n6)c6ccccc56)c5ccccc45)n3)cc2)cc1. The molecule has 0 aliphatic heterocycles. The minimum atomic E-state index is 0.611. The minimum absolute atomic E-state index is 0.611. The van der Waals surface area contributed by atoms with Crippen LogP contribution in [0.4, 0.5) is 0 Å². The van der Waals surface area contributed by atoms with E-state index in [0.717, 1.165) is 99.7 Å². The van der Waals surface area contributed by atoms with Crippen molar-refractivity contribution in [1.82, 2.24) is 24.9 Å². The van der Waals surface area contributed by atoms with Crippen molar-refractivity contribution in [2.75, 3.05) is 0 Å². The van der Waals surface area contributed by atoms with E-state index in [1.165, 1.54) is 0 Å². The van der Waals surface area contributed by atoms with Gasteiger partial charge in [0.05, 0.1) is 11.4 Å². The first-order valence-corrected chi connectivity index (χ1v) is 22.8. The van der Waals surface area contributed by atoms with Crippen molar-refractivity contribution in [3.05, 3.63) is 249 Å². The molecule has 0 spiro atoms. The summed E-state index contributed by atoms with van der Waals surface area (Å²) >= 11 is 0. The Hall–Kier alpha value is -9.19. The Kier molecular flexibility index (Phi) is 10.5. The van der Waals surface area contributed by atoms with Gasteiger partial charge in [0.1, 0.15) is 0 Å². The van der Waals surface area contributed by atoms with E-state index < -0.39 is 0 Å². The van der Waals surface area contributed by atoms with Gasteiger partial charge >= 0.3 is 0 Å². The summed E-state index contributed by atoms with van der Waals surface area (Å²) in [5.41, 5.74) is 14.4. The van der Waals surface area contributed by atoms with Gasteiger partial charge in [0.15, 0.2) is 23.3 Å². The smallest absolute Gasteiger partial charge is 0.164 e. The fraction of sp³-hybridized carbons (Fsp3) is 0. The molecule has 0 amide bonds. The van der Waals surface area contributed by atoms with E-state index in [1.807, 2.05) is 48.5 Å². The average molecular weight is 868 g/mol. The molecule has 0 unspecified atom stereocenters. The third-order valence-corrected chi connectivity index (χ3v) is 12.6. The lowest BCUT2D eigenvalue weighted by Gasteiger charge is -2.16. The zero-order valence-electron chi connectivity index (χ0n) is 36.9. The van der Waals surface area contributed by atoms with Crippen molar-refractivity contribution in [1.29, 1.82) is 0 Å². The molecule has 0 saturated heterocycles. The Morgan fingerprint density at radius 2 is 0.471 bits per heavy atom. The minimum Gasteiger partial charge on any atom is -0.228 e. The molecular weight excluding hydrogens is 827 g/mol. The maximum absolute atomic E-state index is 5.24. The fourth-order valence-electron chi connectivity index (χ4n) is 9.18. The quantitative estimate of drug-likeness (QED) is 0.145. The van der Waals surface area contributed by atoms with Crippen molar-refractivity contribution < 1.29 is 0 Å². The first-order chi connectivity index (χ1) is 33.7. The van der Waals surface area contributed by atoms with E-state index in [-0.39, 0.29) is 0 Å². The Morgan fingerprint density at radius 1 is 0.176 bits per heavy atom. The molecule has 0 bridgehead atoms. The molecule has 0 aliphatic carbocycles. The summed E-state index contributed by atoms with van der Waals surface area (Å²) in [6.45, 7) is 0. The van der Waals surface area contributed by atoms with E-state index in [9.17, 15) is 0 Å². The maximum Gasteiger partial charge on any atom is 0.164 e. The molecule has 0 saturated carbocycles. The molecule has 10 aromatic carbocycles. The van der Waals surface area contributed by atoms with Crippen LogP contribution in [0.3, 0.4) is 0 Å². The molecule has 12 rings (SSSR count). The average Bonchev–Trinajstić information content (AvgIpc) is 3.43. The summed E-state index contributed by atoms with van der Waals surface area (Å²) in [7, 11) is 0. The van der Waals surface area contributed by atoms with Crippen molar-refractivity contribution in [2.45, 2.75) is 0 Å². The predicted octanol–water partition coefficient (Wildman–Crippen LogP) is 16.0. The number of nitrogens with zero attached hydrogens (tertiary/aromatic N) is 5. The molecule has 0 radical (unpaired) electrons. The lowest BCUT2D eigenvalue weighted by molar-refractivity contribution is 1.08. The number of fused-ring (bicyclic) bond motifs is 2. The third-order valence-electron chi connectivity index (χ3n) is 12.6. The van der Waals surface area contributed by atoms with Gasteiger partial charge in [0.25, 0.3) is 0 Å². The lowest BCUT2D eigenvalue weighted by atomic mass is 9.89. The lowest BCUT2D eigenvalue weighted by Crippen LogP contribution is -2.01. The van der Waals surface area contributed by atoms with Crippen molar-refractivity contribution in [2.24, 2.45) is 0 Å². The molecule has 0 aliphatic rings. The summed E-state index contributed by atoms with van der Waals surface area (Å²) in [6.07, 6.45) is 0. The molecular formula is C63H41N5. The fourth-order valence-corrected chi connectivity index (χ4v) is 9.18. The van der Waals surface area contributed by atoms with Gasteiger partial charge in [-0.05, 0) is 67.1 Å². The summed E-state index contributed by atoms with van der Waals surface area (Å²) < 4.78 is 0. The Bertz CT molecular complexity index is 3590. The molecule has 5 heteroatoms. The zero-order chi connectivity index (χ0) is 45.2. The largest absolute Gasteiger partial charge is 0.228 e. The predicted molar refractivity (Wildman–Crippen MR) is 279 cm³/mol. The Labute approximate surface area is 394 Å². The standard InChI is InChI=1S/C63H41N5/c1-5-17-42(18-6-1)44-29-33-48(34-30-44)61-66-62(49-35-31-45(32-36-49)43-19-7-2-8-20-43)68-63(67-61)57-40-38-55(51-26-14-16-28-53(51)57)54-37-39-56(52-27-15-13-25-50(52)54)59-41-58(46-21-9-3-10-22-46)64-60(65-59)47-23-11-4-12-24-47/h1-41H. The van der Waals surface area contributed by atoms with Gasteiger partial charge in [-0.2, -0.15) is 0 Å². The van der Waals surface area contributed by atoms with E-state index in [1.54, 1.807) is 0 Å². The molecule has 2 heterocycles. The first-order valence-electron chi connectivity index (χ1n) is 22.8. The monoisotopic (exact) mass is 867 g/mol. The number of rotatable bonds is 9. The number of aromatic nitrogens is 5. The van der Waals surface area contributed by atoms with Crippen LogP contribution >= 0.6 is 0 Å². The molecule has 68 heavy (non-hydrogen) atoms. The highest BCUT2D eigenvalue weighted by Crippen LogP contribution is 2.41. The van der Waals surface area contributed by atoms with Gasteiger partial charge in [-0.15, -0.1) is 0 Å². The van der Waals surface area contributed by atoms with Gasteiger partial charge < -0.3 is 0 Å². The Morgan fingerprint density at radius 3 is 0.956 bits per heavy atom. The first kappa shape index (κ1) is 40.3. The molecule has 5 nitrogen and oxygen atoms in total. The molecule has 318 valence electrons. The van der Waals surface area contributed by atoms with Crippen molar-refractivity contribution in [3.8, 4) is 101 Å². The van der Waals surface area contributed by atoms with Gasteiger partial charge in [-0.25, -0.2) is 24.9 Å². The van der Waals surface area contributed by atoms with Gasteiger partial charge in [-0.3, -0.25) is 0 Å². The second-order valence-electron chi connectivity index (χ2n) is 16.8. The van der Waals surface area contributed by atoms with Crippen molar-refractivity contribution in [3.63, 3.8) is 0 Å². The normalized spacial score (nSPS) is 11.2. The van der Waals surface area contributed by atoms with E-state index >= 15 is 0 Å².